The first kappa shape index (κ1) is 14.3. The van der Waals surface area contributed by atoms with Gasteiger partial charge in [0.1, 0.15) is 0 Å². The van der Waals surface area contributed by atoms with E-state index in [0.29, 0.717) is 6.04 Å². The van der Waals surface area contributed by atoms with Gasteiger partial charge in [0.25, 0.3) is 0 Å². The number of benzene rings is 1. The van der Waals surface area contributed by atoms with Crippen molar-refractivity contribution < 1.29 is 5.11 Å². The summed E-state index contributed by atoms with van der Waals surface area (Å²) in [5, 5.41) is 13.0. The quantitative estimate of drug-likeness (QED) is 0.709. The molecular formula is C13H18Br2N2O. The number of aliphatic hydroxyl groups is 1. The maximum absolute atomic E-state index is 9.46. The van der Waals surface area contributed by atoms with Gasteiger partial charge in [-0.3, -0.25) is 0 Å². The summed E-state index contributed by atoms with van der Waals surface area (Å²) in [6.45, 7) is 0.776. The second-order valence-electron chi connectivity index (χ2n) is 4.85. The smallest absolute Gasteiger partial charge is 0.0541 e. The van der Waals surface area contributed by atoms with Crippen LogP contribution in [0.1, 0.15) is 31.2 Å². The molecule has 1 aliphatic carbocycles. The summed E-state index contributed by atoms with van der Waals surface area (Å²) in [5.74, 6) is 0. The SMILES string of the molecule is Nc1cc(Br)c(Br)cc1CNC1CCC(O)CC1. The lowest BCUT2D eigenvalue weighted by molar-refractivity contribution is 0.116. The van der Waals surface area contributed by atoms with Crippen molar-refractivity contribution in [3.63, 3.8) is 0 Å². The van der Waals surface area contributed by atoms with Crippen LogP contribution < -0.4 is 11.1 Å². The minimum absolute atomic E-state index is 0.102. The van der Waals surface area contributed by atoms with Crippen molar-refractivity contribution in [3.05, 3.63) is 26.6 Å². The van der Waals surface area contributed by atoms with E-state index in [1.807, 2.05) is 12.1 Å². The minimum Gasteiger partial charge on any atom is -0.398 e. The van der Waals surface area contributed by atoms with Gasteiger partial charge in [-0.2, -0.15) is 0 Å². The Hall–Kier alpha value is -0.100. The van der Waals surface area contributed by atoms with Gasteiger partial charge in [-0.05, 0) is 75.2 Å². The fourth-order valence-electron chi connectivity index (χ4n) is 2.29. The molecule has 1 fully saturated rings. The largest absolute Gasteiger partial charge is 0.398 e. The zero-order valence-electron chi connectivity index (χ0n) is 10.1. The summed E-state index contributed by atoms with van der Waals surface area (Å²) in [7, 11) is 0. The van der Waals surface area contributed by atoms with E-state index in [-0.39, 0.29) is 6.10 Å². The average molecular weight is 378 g/mol. The molecule has 0 atom stereocenters. The fourth-order valence-corrected chi connectivity index (χ4v) is 3.04. The molecule has 1 aromatic rings. The van der Waals surface area contributed by atoms with Crippen molar-refractivity contribution in [1.82, 2.24) is 5.32 Å². The number of hydrogen-bond acceptors (Lipinski definition) is 3. The summed E-state index contributed by atoms with van der Waals surface area (Å²) in [4.78, 5) is 0. The Balaban J connectivity index is 1.92. The molecule has 0 bridgehead atoms. The first-order valence-electron chi connectivity index (χ1n) is 6.21. The van der Waals surface area contributed by atoms with Gasteiger partial charge in [0.2, 0.25) is 0 Å². The van der Waals surface area contributed by atoms with Gasteiger partial charge in [-0.25, -0.2) is 0 Å². The Bertz CT molecular complexity index is 418. The van der Waals surface area contributed by atoms with Gasteiger partial charge in [0, 0.05) is 27.2 Å². The standard InChI is InChI=1S/C13H18Br2N2O/c14-11-5-8(13(16)6-12(11)15)7-17-9-1-3-10(18)4-2-9/h5-6,9-10,17-18H,1-4,7,16H2. The monoisotopic (exact) mass is 376 g/mol. The van der Waals surface area contributed by atoms with E-state index >= 15 is 0 Å². The van der Waals surface area contributed by atoms with Crippen LogP contribution in [-0.2, 0) is 6.54 Å². The number of hydrogen-bond donors (Lipinski definition) is 3. The van der Waals surface area contributed by atoms with Crippen molar-refractivity contribution in [2.24, 2.45) is 0 Å². The second kappa shape index (κ2) is 6.37. The summed E-state index contributed by atoms with van der Waals surface area (Å²) in [6.07, 6.45) is 3.78. The molecule has 0 aromatic heterocycles. The van der Waals surface area contributed by atoms with Crippen LogP contribution in [0.2, 0.25) is 0 Å². The lowest BCUT2D eigenvalue weighted by Crippen LogP contribution is -2.34. The van der Waals surface area contributed by atoms with Gasteiger partial charge in [0.15, 0.2) is 0 Å². The van der Waals surface area contributed by atoms with Crippen molar-refractivity contribution >= 4 is 37.5 Å². The average Bonchev–Trinajstić information content (AvgIpc) is 2.34. The summed E-state index contributed by atoms with van der Waals surface area (Å²) < 4.78 is 2.00. The van der Waals surface area contributed by atoms with Crippen LogP contribution in [0.4, 0.5) is 5.69 Å². The number of nitrogens with two attached hydrogens (primary N) is 1. The Morgan fingerprint density at radius 2 is 1.78 bits per heavy atom. The van der Waals surface area contributed by atoms with E-state index in [2.05, 4.69) is 37.2 Å². The highest BCUT2D eigenvalue weighted by molar-refractivity contribution is 9.13. The van der Waals surface area contributed by atoms with Crippen molar-refractivity contribution in [2.45, 2.75) is 44.4 Å². The van der Waals surface area contributed by atoms with Crippen LogP contribution in [0.25, 0.3) is 0 Å². The van der Waals surface area contributed by atoms with Gasteiger partial charge in [0.05, 0.1) is 6.10 Å². The molecule has 1 saturated carbocycles. The molecule has 3 nitrogen and oxygen atoms in total. The summed E-state index contributed by atoms with van der Waals surface area (Å²) in [5.41, 5.74) is 7.90. The normalized spacial score (nSPS) is 24.2. The Morgan fingerprint density at radius 3 is 2.44 bits per heavy atom. The number of halogens is 2. The highest BCUT2D eigenvalue weighted by Crippen LogP contribution is 2.28. The lowest BCUT2D eigenvalue weighted by Gasteiger charge is -2.26. The maximum Gasteiger partial charge on any atom is 0.0541 e. The number of nitrogen functional groups attached to an aromatic ring is 1. The number of anilines is 1. The summed E-state index contributed by atoms with van der Waals surface area (Å²) >= 11 is 6.93. The number of aliphatic hydroxyl groups excluding tert-OH is 1. The number of nitrogens with one attached hydrogen (secondary N) is 1. The molecule has 1 aliphatic rings. The molecule has 0 aliphatic heterocycles. The van der Waals surface area contributed by atoms with Gasteiger partial charge in [-0.1, -0.05) is 0 Å². The molecule has 18 heavy (non-hydrogen) atoms. The van der Waals surface area contributed by atoms with E-state index < -0.39 is 0 Å². The van der Waals surface area contributed by atoms with Gasteiger partial charge < -0.3 is 16.2 Å². The lowest BCUT2D eigenvalue weighted by atomic mass is 9.93. The Morgan fingerprint density at radius 1 is 1.17 bits per heavy atom. The molecule has 1 aromatic carbocycles. The highest BCUT2D eigenvalue weighted by Gasteiger charge is 2.18. The predicted octanol–water partition coefficient (Wildman–Crippen LogP) is 3.19. The van der Waals surface area contributed by atoms with E-state index in [9.17, 15) is 5.11 Å². The predicted molar refractivity (Wildman–Crippen MR) is 81.4 cm³/mol. The van der Waals surface area contributed by atoms with E-state index in [4.69, 9.17) is 5.73 Å². The van der Waals surface area contributed by atoms with Crippen LogP contribution in [-0.4, -0.2) is 17.3 Å². The van der Waals surface area contributed by atoms with E-state index in [1.165, 1.54) is 0 Å². The first-order chi connectivity index (χ1) is 8.56. The topological polar surface area (TPSA) is 58.3 Å². The molecule has 100 valence electrons. The molecule has 0 heterocycles. The summed E-state index contributed by atoms with van der Waals surface area (Å²) in [6, 6.07) is 4.46. The van der Waals surface area contributed by atoms with Crippen LogP contribution in [0, 0.1) is 0 Å². The molecule has 5 heteroatoms. The molecule has 2 rings (SSSR count). The third-order valence-electron chi connectivity index (χ3n) is 3.46. The van der Waals surface area contributed by atoms with Crippen LogP contribution in [0.3, 0.4) is 0 Å². The van der Waals surface area contributed by atoms with Crippen molar-refractivity contribution in [3.8, 4) is 0 Å². The molecule has 0 amide bonds. The zero-order chi connectivity index (χ0) is 13.1. The Labute approximate surface area is 124 Å². The number of rotatable bonds is 3. The fraction of sp³-hybridized carbons (Fsp3) is 0.538. The van der Waals surface area contributed by atoms with Crippen molar-refractivity contribution in [2.75, 3.05) is 5.73 Å². The molecule has 0 unspecified atom stereocenters. The highest BCUT2D eigenvalue weighted by atomic mass is 79.9. The first-order valence-corrected chi connectivity index (χ1v) is 7.79. The minimum atomic E-state index is -0.102. The Kier molecular flexibility index (Phi) is 5.06. The zero-order valence-corrected chi connectivity index (χ0v) is 13.3. The third-order valence-corrected chi connectivity index (χ3v) is 5.30. The van der Waals surface area contributed by atoms with Crippen LogP contribution in [0.5, 0.6) is 0 Å². The van der Waals surface area contributed by atoms with E-state index in [0.717, 1.165) is 52.4 Å². The third kappa shape index (κ3) is 3.70. The van der Waals surface area contributed by atoms with Crippen molar-refractivity contribution in [1.29, 1.82) is 0 Å². The second-order valence-corrected chi connectivity index (χ2v) is 6.56. The van der Waals surface area contributed by atoms with E-state index in [1.54, 1.807) is 0 Å². The van der Waals surface area contributed by atoms with Crippen LogP contribution >= 0.6 is 31.9 Å². The van der Waals surface area contributed by atoms with Gasteiger partial charge >= 0.3 is 0 Å². The molecular weight excluding hydrogens is 360 g/mol. The van der Waals surface area contributed by atoms with Gasteiger partial charge in [-0.15, -0.1) is 0 Å². The molecule has 4 N–H and O–H groups in total. The molecule has 0 spiro atoms. The molecule has 0 saturated heterocycles. The van der Waals surface area contributed by atoms with Crippen LogP contribution in [0.15, 0.2) is 21.1 Å². The maximum atomic E-state index is 9.46. The molecule has 0 radical (unpaired) electrons.